The van der Waals surface area contributed by atoms with Crippen molar-refractivity contribution in [1.82, 2.24) is 20.6 Å². The summed E-state index contributed by atoms with van der Waals surface area (Å²) < 4.78 is 0. The van der Waals surface area contributed by atoms with Gasteiger partial charge in [0.05, 0.1) is 0 Å². The molecule has 4 aromatic rings. The topological polar surface area (TPSA) is 89.8 Å². The van der Waals surface area contributed by atoms with Crippen LogP contribution in [0.25, 0.3) is 21.8 Å². The molecule has 5 rings (SSSR count). The van der Waals surface area contributed by atoms with Crippen LogP contribution >= 0.6 is 0 Å². The number of aromatic nitrogens is 2. The Morgan fingerprint density at radius 2 is 0.917 bits per heavy atom. The Morgan fingerprint density at radius 1 is 0.500 bits per heavy atom. The quantitative estimate of drug-likeness (QED) is 0.261. The van der Waals surface area contributed by atoms with Crippen molar-refractivity contribution in [3.05, 3.63) is 71.0 Å². The molecule has 2 aromatic heterocycles. The van der Waals surface area contributed by atoms with Crippen LogP contribution in [0.4, 0.5) is 0 Å². The molecule has 0 bridgehead atoms. The van der Waals surface area contributed by atoms with Gasteiger partial charge < -0.3 is 20.6 Å². The van der Waals surface area contributed by atoms with Crippen molar-refractivity contribution in [2.75, 3.05) is 13.1 Å². The van der Waals surface area contributed by atoms with Crippen LogP contribution in [-0.2, 0) is 35.3 Å². The highest BCUT2D eigenvalue weighted by atomic mass is 16.2. The molecular weight excluding hydrogens is 448 g/mol. The van der Waals surface area contributed by atoms with E-state index >= 15 is 0 Å². The number of hydrogen-bond donors (Lipinski definition) is 4. The van der Waals surface area contributed by atoms with Crippen LogP contribution in [0.2, 0.25) is 0 Å². The predicted molar refractivity (Wildman–Crippen MR) is 145 cm³/mol. The first-order chi connectivity index (χ1) is 17.7. The minimum atomic E-state index is -0.565. The van der Waals surface area contributed by atoms with E-state index in [1.54, 1.807) is 0 Å². The molecule has 6 nitrogen and oxygen atoms in total. The van der Waals surface area contributed by atoms with Gasteiger partial charge in [-0.2, -0.15) is 0 Å². The molecule has 188 valence electrons. The summed E-state index contributed by atoms with van der Waals surface area (Å²) in [5.74, 6) is -1.13. The van der Waals surface area contributed by atoms with Gasteiger partial charge in [-0.15, -0.1) is 0 Å². The Hall–Kier alpha value is -3.54. The minimum absolute atomic E-state index is 0.438. The zero-order valence-corrected chi connectivity index (χ0v) is 20.9. The lowest BCUT2D eigenvalue weighted by molar-refractivity contribution is -0.139. The summed E-state index contributed by atoms with van der Waals surface area (Å²) in [7, 11) is 0. The van der Waals surface area contributed by atoms with Crippen LogP contribution < -0.4 is 10.6 Å². The highest BCUT2D eigenvalue weighted by molar-refractivity contribution is 6.35. The summed E-state index contributed by atoms with van der Waals surface area (Å²) in [4.78, 5) is 32.1. The first kappa shape index (κ1) is 24.2. The highest BCUT2D eigenvalue weighted by Gasteiger charge is 2.16. The predicted octanol–water partition coefficient (Wildman–Crippen LogP) is 5.11. The Labute approximate surface area is 212 Å². The van der Waals surface area contributed by atoms with Crippen LogP contribution in [0, 0.1) is 0 Å². The van der Waals surface area contributed by atoms with Crippen molar-refractivity contribution in [1.29, 1.82) is 0 Å². The van der Waals surface area contributed by atoms with Crippen LogP contribution in [0.5, 0.6) is 0 Å². The second kappa shape index (κ2) is 11.5. The Bertz CT molecular complexity index is 1250. The summed E-state index contributed by atoms with van der Waals surface area (Å²) in [6.45, 7) is 0.876. The molecule has 6 heteroatoms. The van der Waals surface area contributed by atoms with Gasteiger partial charge in [-0.05, 0) is 61.8 Å². The first-order valence-corrected chi connectivity index (χ1v) is 13.4. The van der Waals surface area contributed by atoms with E-state index in [1.165, 1.54) is 59.0 Å². The number of para-hydroxylation sites is 2. The van der Waals surface area contributed by atoms with Crippen molar-refractivity contribution >= 4 is 33.6 Å². The molecule has 1 aliphatic heterocycles. The molecule has 0 saturated heterocycles. The maximum atomic E-state index is 12.5. The van der Waals surface area contributed by atoms with E-state index in [4.69, 9.17) is 0 Å². The molecule has 0 saturated carbocycles. The number of aryl methyl sites for hydroxylation is 2. The lowest BCUT2D eigenvalue weighted by atomic mass is 10.0. The van der Waals surface area contributed by atoms with Crippen molar-refractivity contribution in [3.8, 4) is 0 Å². The number of aromatic amines is 2. The third kappa shape index (κ3) is 5.48. The van der Waals surface area contributed by atoms with Crippen LogP contribution in [0.3, 0.4) is 0 Å². The number of carbonyl (C=O) groups is 2. The number of amides is 2. The van der Waals surface area contributed by atoms with Crippen molar-refractivity contribution < 1.29 is 9.59 Å². The highest BCUT2D eigenvalue weighted by Crippen LogP contribution is 2.26. The van der Waals surface area contributed by atoms with Crippen LogP contribution in [0.1, 0.15) is 61.0 Å². The zero-order valence-electron chi connectivity index (χ0n) is 20.9. The van der Waals surface area contributed by atoms with E-state index in [0.717, 1.165) is 36.7 Å². The van der Waals surface area contributed by atoms with E-state index in [9.17, 15) is 9.59 Å². The standard InChI is InChI=1S/C30H36N4O2/c35-29-30(36)32-20-18-24-22-12-8-10-16-26(22)34-28(24)14-6-4-2-1-3-5-13-27-23(17-19-31-29)21-11-7-9-15-25(21)33-27/h7-12,15-16,33-34H,1-6,13-14,17-20H2,(H,31,35)(H,32,36). The second-order valence-corrected chi connectivity index (χ2v) is 9.89. The van der Waals surface area contributed by atoms with E-state index < -0.39 is 11.8 Å². The van der Waals surface area contributed by atoms with E-state index in [0.29, 0.717) is 25.9 Å². The fourth-order valence-electron chi connectivity index (χ4n) is 5.58. The number of nitrogens with one attached hydrogen (secondary N) is 4. The summed E-state index contributed by atoms with van der Waals surface area (Å²) in [5.41, 5.74) is 7.31. The van der Waals surface area contributed by atoms with Gasteiger partial charge >= 0.3 is 11.8 Å². The minimum Gasteiger partial charge on any atom is -0.358 e. The molecule has 0 atom stereocenters. The maximum Gasteiger partial charge on any atom is 0.309 e. The number of H-pyrrole nitrogens is 2. The maximum absolute atomic E-state index is 12.5. The number of fused-ring (bicyclic) bond motifs is 6. The molecule has 0 fully saturated rings. The zero-order chi connectivity index (χ0) is 24.7. The second-order valence-electron chi connectivity index (χ2n) is 9.89. The number of rotatable bonds is 0. The van der Waals surface area contributed by atoms with Crippen molar-refractivity contribution in [3.63, 3.8) is 0 Å². The molecule has 1 aliphatic rings. The molecule has 3 heterocycles. The number of hydrogen-bond acceptors (Lipinski definition) is 2. The van der Waals surface area contributed by atoms with Crippen LogP contribution in [-0.4, -0.2) is 34.9 Å². The Balaban J connectivity index is 1.29. The van der Waals surface area contributed by atoms with Gasteiger partial charge in [-0.1, -0.05) is 62.1 Å². The fourth-order valence-corrected chi connectivity index (χ4v) is 5.58. The summed E-state index contributed by atoms with van der Waals surface area (Å²) in [6.07, 6.45) is 10.7. The van der Waals surface area contributed by atoms with Crippen LogP contribution in [0.15, 0.2) is 48.5 Å². The summed E-state index contributed by atoms with van der Waals surface area (Å²) >= 11 is 0. The largest absolute Gasteiger partial charge is 0.358 e. The number of benzene rings is 2. The third-order valence-electron chi connectivity index (χ3n) is 7.43. The molecule has 2 aromatic carbocycles. The average molecular weight is 485 g/mol. The van der Waals surface area contributed by atoms with Gasteiger partial charge in [0.2, 0.25) is 0 Å². The molecule has 0 aliphatic carbocycles. The van der Waals surface area contributed by atoms with E-state index in [-0.39, 0.29) is 0 Å². The molecule has 2 amide bonds. The van der Waals surface area contributed by atoms with Gasteiger partial charge in [-0.3, -0.25) is 9.59 Å². The van der Waals surface area contributed by atoms with Gasteiger partial charge in [0.1, 0.15) is 0 Å². The molecule has 0 radical (unpaired) electrons. The van der Waals surface area contributed by atoms with Crippen molar-refractivity contribution in [2.45, 2.75) is 64.2 Å². The smallest absolute Gasteiger partial charge is 0.309 e. The Morgan fingerprint density at radius 3 is 1.39 bits per heavy atom. The molecular formula is C30H36N4O2. The fraction of sp³-hybridized carbons (Fsp3) is 0.400. The average Bonchev–Trinajstić information content (AvgIpc) is 3.42. The molecule has 4 N–H and O–H groups in total. The summed E-state index contributed by atoms with van der Waals surface area (Å²) in [6, 6.07) is 16.7. The van der Waals surface area contributed by atoms with Gasteiger partial charge in [0, 0.05) is 46.3 Å². The van der Waals surface area contributed by atoms with E-state index in [2.05, 4.69) is 57.0 Å². The third-order valence-corrected chi connectivity index (χ3v) is 7.43. The lowest BCUT2D eigenvalue weighted by Crippen LogP contribution is -2.41. The summed E-state index contributed by atoms with van der Waals surface area (Å²) in [5, 5.41) is 8.07. The molecule has 36 heavy (non-hydrogen) atoms. The van der Waals surface area contributed by atoms with Gasteiger partial charge in [0.15, 0.2) is 0 Å². The monoisotopic (exact) mass is 484 g/mol. The number of carbonyl (C=O) groups excluding carboxylic acids is 2. The lowest BCUT2D eigenvalue weighted by Gasteiger charge is -2.10. The Kier molecular flexibility index (Phi) is 7.70. The molecule has 0 unspecified atom stereocenters. The molecule has 0 spiro atoms. The van der Waals surface area contributed by atoms with Gasteiger partial charge in [-0.25, -0.2) is 0 Å². The first-order valence-electron chi connectivity index (χ1n) is 13.4. The van der Waals surface area contributed by atoms with Crippen molar-refractivity contribution in [2.24, 2.45) is 0 Å². The SMILES string of the molecule is O=C1NCCc2c([nH]c3ccccc23)CCCCCCCCc2[nH]c3ccccc3c2CCNC1=O. The van der Waals surface area contributed by atoms with E-state index in [1.807, 2.05) is 12.1 Å². The van der Waals surface area contributed by atoms with Gasteiger partial charge in [0.25, 0.3) is 0 Å². The normalized spacial score (nSPS) is 17.2.